The van der Waals surface area contributed by atoms with E-state index < -0.39 is 0 Å². The lowest BCUT2D eigenvalue weighted by molar-refractivity contribution is -0.133. The van der Waals surface area contributed by atoms with E-state index in [-0.39, 0.29) is 24.5 Å². The number of amides is 3. The zero-order chi connectivity index (χ0) is 22.9. The van der Waals surface area contributed by atoms with Crippen molar-refractivity contribution in [1.82, 2.24) is 9.80 Å². The van der Waals surface area contributed by atoms with Crippen molar-refractivity contribution in [2.45, 2.75) is 37.9 Å². The molecule has 5 nitrogen and oxygen atoms in total. The second kappa shape index (κ2) is 11.7. The number of carbonyl (C=O) groups is 2. The molecule has 0 aliphatic carbocycles. The van der Waals surface area contributed by atoms with Crippen molar-refractivity contribution in [3.63, 3.8) is 0 Å². The number of benzene rings is 2. The van der Waals surface area contributed by atoms with Crippen molar-refractivity contribution in [3.05, 3.63) is 82.6 Å². The molecule has 1 N–H and O–H groups in total. The third kappa shape index (κ3) is 6.87. The van der Waals surface area contributed by atoms with Gasteiger partial charge in [0.05, 0.1) is 6.54 Å². The first-order valence-electron chi connectivity index (χ1n) is 10.5. The number of nitrogens with zero attached hydrogens (tertiary/aromatic N) is 2. The van der Waals surface area contributed by atoms with Crippen LogP contribution in [0.3, 0.4) is 0 Å². The molecular weight excluding hydrogens is 438 g/mol. The van der Waals surface area contributed by atoms with Crippen molar-refractivity contribution >= 4 is 40.7 Å². The van der Waals surface area contributed by atoms with Gasteiger partial charge in [-0.15, -0.1) is 23.1 Å². The van der Waals surface area contributed by atoms with Gasteiger partial charge in [0.2, 0.25) is 5.91 Å². The van der Waals surface area contributed by atoms with Gasteiger partial charge in [-0.3, -0.25) is 4.79 Å². The van der Waals surface area contributed by atoms with Crippen molar-refractivity contribution in [3.8, 4) is 0 Å². The number of rotatable bonds is 9. The van der Waals surface area contributed by atoms with Gasteiger partial charge >= 0.3 is 6.03 Å². The maximum atomic E-state index is 13.3. The summed E-state index contributed by atoms with van der Waals surface area (Å²) in [6.07, 6.45) is 2.01. The third-order valence-electron chi connectivity index (χ3n) is 5.03. The van der Waals surface area contributed by atoms with Crippen LogP contribution in [0, 0.1) is 0 Å². The highest BCUT2D eigenvalue weighted by Gasteiger charge is 2.24. The Morgan fingerprint density at radius 3 is 2.28 bits per heavy atom. The molecule has 3 amide bonds. The van der Waals surface area contributed by atoms with Gasteiger partial charge in [-0.2, -0.15) is 0 Å². The number of anilines is 1. The van der Waals surface area contributed by atoms with Crippen molar-refractivity contribution in [1.29, 1.82) is 0 Å². The Morgan fingerprint density at radius 2 is 1.69 bits per heavy atom. The number of hydrogen-bond donors (Lipinski definition) is 1. The molecule has 2 aromatic carbocycles. The first-order valence-corrected chi connectivity index (χ1v) is 12.6. The Labute approximate surface area is 198 Å². The van der Waals surface area contributed by atoms with Gasteiger partial charge < -0.3 is 15.1 Å². The van der Waals surface area contributed by atoms with Gasteiger partial charge in [0.15, 0.2) is 0 Å². The molecule has 0 aliphatic rings. The molecule has 0 fully saturated rings. The van der Waals surface area contributed by atoms with Crippen LogP contribution >= 0.6 is 23.1 Å². The van der Waals surface area contributed by atoms with E-state index in [4.69, 9.17) is 0 Å². The summed E-state index contributed by atoms with van der Waals surface area (Å²) < 4.78 is 0. The molecule has 0 saturated carbocycles. The van der Waals surface area contributed by atoms with Gasteiger partial charge in [0.1, 0.15) is 6.54 Å². The number of thioether (sulfide) groups is 1. The van der Waals surface area contributed by atoms with Crippen LogP contribution in [0.15, 0.2) is 77.0 Å². The number of thiophene rings is 1. The number of urea groups is 1. The Kier molecular flexibility index (Phi) is 8.76. The van der Waals surface area contributed by atoms with Crippen LogP contribution in [-0.2, 0) is 17.9 Å². The van der Waals surface area contributed by atoms with Crippen LogP contribution in [0.5, 0.6) is 0 Å². The number of hydrogen-bond acceptors (Lipinski definition) is 4. The predicted octanol–water partition coefficient (Wildman–Crippen LogP) is 5.94. The largest absolute Gasteiger partial charge is 0.332 e. The Balaban J connectivity index is 1.72. The summed E-state index contributed by atoms with van der Waals surface area (Å²) >= 11 is 3.28. The topological polar surface area (TPSA) is 52.7 Å². The van der Waals surface area contributed by atoms with E-state index in [0.29, 0.717) is 18.8 Å². The van der Waals surface area contributed by atoms with E-state index in [1.54, 1.807) is 28.0 Å². The Hall–Kier alpha value is -2.77. The first-order chi connectivity index (χ1) is 15.5. The quantitative estimate of drug-likeness (QED) is 0.396. The molecule has 0 saturated heterocycles. The van der Waals surface area contributed by atoms with Gasteiger partial charge in [0, 0.05) is 28.0 Å². The second-order valence-electron chi connectivity index (χ2n) is 7.70. The average Bonchev–Trinajstić information content (AvgIpc) is 3.31. The maximum absolute atomic E-state index is 13.3. The van der Waals surface area contributed by atoms with Crippen LogP contribution in [0.25, 0.3) is 0 Å². The average molecular weight is 468 g/mol. The van der Waals surface area contributed by atoms with Crippen LogP contribution in [-0.4, -0.2) is 40.6 Å². The standard InChI is InChI=1S/C25H29N3O2S2/c1-19(2)28(25(30)26-21-11-13-22(31-3)14-12-21)18-24(29)27(17-23-10-7-15-32-23)16-20-8-5-4-6-9-20/h4-15,19H,16-18H2,1-3H3,(H,26,30). The van der Waals surface area contributed by atoms with Crippen molar-refractivity contribution in [2.75, 3.05) is 18.1 Å². The van der Waals surface area contributed by atoms with E-state index in [1.165, 1.54) is 0 Å². The molecule has 3 aromatic rings. The van der Waals surface area contributed by atoms with Gasteiger partial charge in [0.25, 0.3) is 0 Å². The summed E-state index contributed by atoms with van der Waals surface area (Å²) in [5, 5.41) is 4.93. The predicted molar refractivity (Wildman–Crippen MR) is 134 cm³/mol. The molecule has 32 heavy (non-hydrogen) atoms. The molecule has 0 bridgehead atoms. The summed E-state index contributed by atoms with van der Waals surface area (Å²) in [5.74, 6) is -0.0798. The van der Waals surface area contributed by atoms with E-state index in [9.17, 15) is 9.59 Å². The van der Waals surface area contributed by atoms with Crippen LogP contribution in [0.4, 0.5) is 10.5 Å². The lowest BCUT2D eigenvalue weighted by Gasteiger charge is -2.30. The monoisotopic (exact) mass is 467 g/mol. The molecule has 0 atom stereocenters. The molecular formula is C25H29N3O2S2. The second-order valence-corrected chi connectivity index (χ2v) is 9.61. The van der Waals surface area contributed by atoms with Crippen molar-refractivity contribution in [2.24, 2.45) is 0 Å². The molecule has 0 spiro atoms. The SMILES string of the molecule is CSc1ccc(NC(=O)N(CC(=O)N(Cc2ccccc2)Cc2cccs2)C(C)C)cc1. The normalized spacial score (nSPS) is 10.8. The van der Waals surface area contributed by atoms with E-state index in [2.05, 4.69) is 5.32 Å². The number of carbonyl (C=O) groups excluding carboxylic acids is 2. The zero-order valence-corrected chi connectivity index (χ0v) is 20.3. The fourth-order valence-electron chi connectivity index (χ4n) is 3.23. The zero-order valence-electron chi connectivity index (χ0n) is 18.7. The molecule has 0 radical (unpaired) electrons. The Bertz CT molecular complexity index is 990. The molecule has 3 rings (SSSR count). The molecule has 1 aromatic heterocycles. The molecule has 1 heterocycles. The smallest absolute Gasteiger partial charge is 0.322 e. The molecule has 0 unspecified atom stereocenters. The van der Waals surface area contributed by atoms with E-state index in [1.807, 2.05) is 97.1 Å². The summed E-state index contributed by atoms with van der Waals surface area (Å²) in [5.41, 5.74) is 1.78. The molecule has 7 heteroatoms. The molecule has 168 valence electrons. The first kappa shape index (κ1) is 23.9. The fourth-order valence-corrected chi connectivity index (χ4v) is 4.36. The minimum Gasteiger partial charge on any atom is -0.332 e. The summed E-state index contributed by atoms with van der Waals surface area (Å²) in [6.45, 7) is 4.88. The maximum Gasteiger partial charge on any atom is 0.322 e. The highest BCUT2D eigenvalue weighted by molar-refractivity contribution is 7.98. The van der Waals surface area contributed by atoms with Gasteiger partial charge in [-0.1, -0.05) is 36.4 Å². The number of nitrogens with one attached hydrogen (secondary N) is 1. The fraction of sp³-hybridized carbons (Fsp3) is 0.280. The van der Waals surface area contributed by atoms with Crippen LogP contribution in [0.1, 0.15) is 24.3 Å². The van der Waals surface area contributed by atoms with E-state index >= 15 is 0 Å². The van der Waals surface area contributed by atoms with Crippen LogP contribution < -0.4 is 5.32 Å². The summed E-state index contributed by atoms with van der Waals surface area (Å²) in [7, 11) is 0. The minimum atomic E-state index is -0.277. The highest BCUT2D eigenvalue weighted by atomic mass is 32.2. The molecule has 0 aliphatic heterocycles. The minimum absolute atomic E-state index is 0.0185. The van der Waals surface area contributed by atoms with Crippen LogP contribution in [0.2, 0.25) is 0 Å². The highest BCUT2D eigenvalue weighted by Crippen LogP contribution is 2.19. The summed E-state index contributed by atoms with van der Waals surface area (Å²) in [6, 6.07) is 21.2. The lowest BCUT2D eigenvalue weighted by atomic mass is 10.2. The Morgan fingerprint density at radius 1 is 0.969 bits per heavy atom. The van der Waals surface area contributed by atoms with Gasteiger partial charge in [-0.05, 0) is 61.4 Å². The summed E-state index contributed by atoms with van der Waals surface area (Å²) in [4.78, 5) is 32.0. The third-order valence-corrected chi connectivity index (χ3v) is 6.63. The van der Waals surface area contributed by atoms with E-state index in [0.717, 1.165) is 15.3 Å². The van der Waals surface area contributed by atoms with Crippen molar-refractivity contribution < 1.29 is 9.59 Å². The van der Waals surface area contributed by atoms with Gasteiger partial charge in [-0.25, -0.2) is 4.79 Å². The lowest BCUT2D eigenvalue weighted by Crippen LogP contribution is -2.47.